The third-order valence-electron chi connectivity index (χ3n) is 5.04. The van der Waals surface area contributed by atoms with Crippen molar-refractivity contribution in [2.45, 2.75) is 38.0 Å². The Labute approximate surface area is 151 Å². The number of rotatable bonds is 4. The minimum Gasteiger partial charge on any atom is -0.272 e. The molecular weight excluding hydrogens is 326 g/mol. The SMILES string of the molecule is CC(C)c1nc2ccccc2c(=O)n1NC(=O)C1(c2ccccc2)CC1. The van der Waals surface area contributed by atoms with Gasteiger partial charge in [0.15, 0.2) is 0 Å². The van der Waals surface area contributed by atoms with Gasteiger partial charge in [-0.1, -0.05) is 56.3 Å². The van der Waals surface area contributed by atoms with E-state index in [0.29, 0.717) is 16.7 Å². The maximum absolute atomic E-state index is 13.1. The lowest BCUT2D eigenvalue weighted by Crippen LogP contribution is -2.41. The van der Waals surface area contributed by atoms with Crippen LogP contribution >= 0.6 is 0 Å². The Kier molecular flexibility index (Phi) is 3.87. The standard InChI is InChI=1S/C21H21N3O2/c1-14(2)18-22-17-11-7-6-10-16(17)19(25)24(18)23-20(26)21(12-13-21)15-8-4-3-5-9-15/h3-11,14H,12-13H2,1-2H3,(H,23,26). The summed E-state index contributed by atoms with van der Waals surface area (Å²) in [7, 11) is 0. The zero-order valence-electron chi connectivity index (χ0n) is 14.9. The number of para-hydroxylation sites is 1. The van der Waals surface area contributed by atoms with E-state index in [1.54, 1.807) is 12.1 Å². The average Bonchev–Trinajstić information content (AvgIpc) is 3.46. The molecule has 0 radical (unpaired) electrons. The zero-order valence-corrected chi connectivity index (χ0v) is 14.9. The Balaban J connectivity index is 1.78. The Morgan fingerprint density at radius 2 is 1.73 bits per heavy atom. The van der Waals surface area contributed by atoms with Crippen LogP contribution in [0.3, 0.4) is 0 Å². The molecule has 0 spiro atoms. The van der Waals surface area contributed by atoms with Gasteiger partial charge in [0.25, 0.3) is 5.56 Å². The number of hydrogen-bond acceptors (Lipinski definition) is 3. The third kappa shape index (κ3) is 2.60. The maximum Gasteiger partial charge on any atom is 0.280 e. The van der Waals surface area contributed by atoms with Crippen LogP contribution in [0, 0.1) is 0 Å². The summed E-state index contributed by atoms with van der Waals surface area (Å²) >= 11 is 0. The summed E-state index contributed by atoms with van der Waals surface area (Å²) in [4.78, 5) is 30.7. The van der Waals surface area contributed by atoms with E-state index in [0.717, 1.165) is 18.4 Å². The normalized spacial score (nSPS) is 15.2. The van der Waals surface area contributed by atoms with Gasteiger partial charge in [0, 0.05) is 5.92 Å². The van der Waals surface area contributed by atoms with Crippen molar-refractivity contribution in [3.05, 3.63) is 76.3 Å². The zero-order chi connectivity index (χ0) is 18.3. The fraction of sp³-hybridized carbons (Fsp3) is 0.286. The Bertz CT molecular complexity index is 1030. The van der Waals surface area contributed by atoms with Crippen LogP contribution in [0.2, 0.25) is 0 Å². The molecule has 0 atom stereocenters. The summed E-state index contributed by atoms with van der Waals surface area (Å²) < 4.78 is 1.33. The molecule has 1 heterocycles. The van der Waals surface area contributed by atoms with Gasteiger partial charge in [-0.3, -0.25) is 15.0 Å². The number of benzene rings is 2. The minimum atomic E-state index is -0.541. The second-order valence-electron chi connectivity index (χ2n) is 7.17. The number of hydrogen-bond donors (Lipinski definition) is 1. The van der Waals surface area contributed by atoms with E-state index in [1.807, 2.05) is 56.3 Å². The molecule has 0 aliphatic heterocycles. The van der Waals surface area contributed by atoms with Crippen molar-refractivity contribution in [2.75, 3.05) is 5.43 Å². The Morgan fingerprint density at radius 1 is 1.08 bits per heavy atom. The molecule has 1 saturated carbocycles. The van der Waals surface area contributed by atoms with E-state index in [9.17, 15) is 9.59 Å². The van der Waals surface area contributed by atoms with E-state index >= 15 is 0 Å². The number of carbonyl (C=O) groups is 1. The van der Waals surface area contributed by atoms with Gasteiger partial charge < -0.3 is 0 Å². The van der Waals surface area contributed by atoms with Crippen molar-refractivity contribution in [1.82, 2.24) is 9.66 Å². The van der Waals surface area contributed by atoms with Gasteiger partial charge in [0.1, 0.15) is 5.82 Å². The molecule has 1 aliphatic rings. The Hall–Kier alpha value is -2.95. The molecule has 1 aromatic heterocycles. The monoisotopic (exact) mass is 347 g/mol. The quantitative estimate of drug-likeness (QED) is 0.787. The van der Waals surface area contributed by atoms with Gasteiger partial charge in [-0.2, -0.15) is 0 Å². The van der Waals surface area contributed by atoms with Crippen molar-refractivity contribution in [3.63, 3.8) is 0 Å². The van der Waals surface area contributed by atoms with E-state index in [-0.39, 0.29) is 17.4 Å². The molecular formula is C21H21N3O2. The van der Waals surface area contributed by atoms with Gasteiger partial charge in [0.2, 0.25) is 5.91 Å². The van der Waals surface area contributed by atoms with E-state index in [1.165, 1.54) is 4.68 Å². The third-order valence-corrected chi connectivity index (χ3v) is 5.04. The predicted molar refractivity (Wildman–Crippen MR) is 102 cm³/mol. The number of aromatic nitrogens is 2. The molecule has 5 nitrogen and oxygen atoms in total. The van der Waals surface area contributed by atoms with Crippen LogP contribution in [0.1, 0.15) is 44.0 Å². The van der Waals surface area contributed by atoms with Crippen LogP contribution in [-0.2, 0) is 10.2 Å². The van der Waals surface area contributed by atoms with Gasteiger partial charge in [0.05, 0.1) is 16.3 Å². The van der Waals surface area contributed by atoms with Crippen LogP contribution in [0.15, 0.2) is 59.4 Å². The first kappa shape index (κ1) is 16.5. The molecule has 1 amide bonds. The molecule has 3 aromatic rings. The van der Waals surface area contributed by atoms with E-state index < -0.39 is 5.41 Å². The fourth-order valence-corrected chi connectivity index (χ4v) is 3.38. The highest BCUT2D eigenvalue weighted by atomic mass is 16.2. The molecule has 26 heavy (non-hydrogen) atoms. The molecule has 1 fully saturated rings. The smallest absolute Gasteiger partial charge is 0.272 e. The first-order valence-electron chi connectivity index (χ1n) is 8.91. The molecule has 1 aliphatic carbocycles. The molecule has 0 saturated heterocycles. The largest absolute Gasteiger partial charge is 0.280 e. The number of nitrogens with one attached hydrogen (secondary N) is 1. The summed E-state index contributed by atoms with van der Waals surface area (Å²) in [6.45, 7) is 3.92. The molecule has 132 valence electrons. The second kappa shape index (κ2) is 6.09. The van der Waals surface area contributed by atoms with Crippen molar-refractivity contribution < 1.29 is 4.79 Å². The van der Waals surface area contributed by atoms with Crippen molar-refractivity contribution in [3.8, 4) is 0 Å². The summed E-state index contributed by atoms with van der Waals surface area (Å²) in [5.41, 5.74) is 3.72. The highest BCUT2D eigenvalue weighted by Crippen LogP contribution is 2.48. The van der Waals surface area contributed by atoms with Crippen LogP contribution < -0.4 is 11.0 Å². The first-order chi connectivity index (χ1) is 12.5. The lowest BCUT2D eigenvalue weighted by molar-refractivity contribution is -0.119. The predicted octanol–water partition coefficient (Wildman–Crippen LogP) is 3.32. The van der Waals surface area contributed by atoms with Gasteiger partial charge >= 0.3 is 0 Å². The lowest BCUT2D eigenvalue weighted by Gasteiger charge is -2.20. The highest BCUT2D eigenvalue weighted by Gasteiger charge is 2.51. The summed E-state index contributed by atoms with van der Waals surface area (Å²) in [6.07, 6.45) is 1.57. The first-order valence-corrected chi connectivity index (χ1v) is 8.91. The molecule has 4 rings (SSSR count). The van der Waals surface area contributed by atoms with Crippen molar-refractivity contribution >= 4 is 16.8 Å². The number of fused-ring (bicyclic) bond motifs is 1. The van der Waals surface area contributed by atoms with E-state index in [2.05, 4.69) is 10.4 Å². The molecule has 1 N–H and O–H groups in total. The van der Waals surface area contributed by atoms with Crippen LogP contribution in [-0.4, -0.2) is 15.6 Å². The lowest BCUT2D eigenvalue weighted by atomic mass is 9.95. The molecule has 5 heteroatoms. The summed E-state index contributed by atoms with van der Waals surface area (Å²) in [5, 5.41) is 0.502. The van der Waals surface area contributed by atoms with Gasteiger partial charge in [-0.05, 0) is 30.5 Å². The number of carbonyl (C=O) groups excluding carboxylic acids is 1. The fourth-order valence-electron chi connectivity index (χ4n) is 3.38. The molecule has 2 aromatic carbocycles. The average molecular weight is 347 g/mol. The maximum atomic E-state index is 13.1. The number of nitrogens with zero attached hydrogens (tertiary/aromatic N) is 2. The van der Waals surface area contributed by atoms with E-state index in [4.69, 9.17) is 0 Å². The van der Waals surface area contributed by atoms with Crippen LogP contribution in [0.4, 0.5) is 0 Å². The van der Waals surface area contributed by atoms with Crippen LogP contribution in [0.5, 0.6) is 0 Å². The number of amides is 1. The molecule has 0 bridgehead atoms. The topological polar surface area (TPSA) is 64.0 Å². The van der Waals surface area contributed by atoms with Gasteiger partial charge in [-0.25, -0.2) is 9.66 Å². The molecule has 0 unspecified atom stereocenters. The van der Waals surface area contributed by atoms with Crippen molar-refractivity contribution in [1.29, 1.82) is 0 Å². The Morgan fingerprint density at radius 3 is 2.38 bits per heavy atom. The minimum absolute atomic E-state index is 0.000477. The van der Waals surface area contributed by atoms with Gasteiger partial charge in [-0.15, -0.1) is 0 Å². The van der Waals surface area contributed by atoms with Crippen molar-refractivity contribution in [2.24, 2.45) is 0 Å². The summed E-state index contributed by atoms with van der Waals surface area (Å²) in [6, 6.07) is 17.0. The summed E-state index contributed by atoms with van der Waals surface area (Å²) in [5.74, 6) is 0.412. The second-order valence-corrected chi connectivity index (χ2v) is 7.17. The van der Waals surface area contributed by atoms with Crippen LogP contribution in [0.25, 0.3) is 10.9 Å². The highest BCUT2D eigenvalue weighted by molar-refractivity contribution is 5.97.